The van der Waals surface area contributed by atoms with E-state index in [2.05, 4.69) is 15.5 Å². The van der Waals surface area contributed by atoms with E-state index in [0.717, 1.165) is 17.7 Å². The summed E-state index contributed by atoms with van der Waals surface area (Å²) in [4.78, 5) is 18.4. The van der Waals surface area contributed by atoms with Gasteiger partial charge in [-0.05, 0) is 43.7 Å². The Labute approximate surface area is 163 Å². The van der Waals surface area contributed by atoms with Crippen LogP contribution in [0.3, 0.4) is 0 Å². The fourth-order valence-electron chi connectivity index (χ4n) is 2.84. The number of benzene rings is 2. The Balaban J connectivity index is 1.59. The molecule has 0 saturated heterocycles. The van der Waals surface area contributed by atoms with Crippen molar-refractivity contribution in [1.29, 1.82) is 0 Å². The highest BCUT2D eigenvalue weighted by molar-refractivity contribution is 5.92. The first-order valence-electron chi connectivity index (χ1n) is 9.11. The number of nitrogens with zero attached hydrogens (tertiary/aromatic N) is 3. The number of hydrogen-bond acceptors (Lipinski definition) is 5. The summed E-state index contributed by atoms with van der Waals surface area (Å²) in [5.41, 5.74) is 3.02. The number of amides is 1. The number of hydrogen-bond donors (Lipinski definition) is 1. The summed E-state index contributed by atoms with van der Waals surface area (Å²) in [6.45, 7) is 4.23. The number of carbonyl (C=O) groups is 1. The maximum Gasteiger partial charge on any atom is 0.241 e. The summed E-state index contributed by atoms with van der Waals surface area (Å²) in [7, 11) is 1.79. The summed E-state index contributed by atoms with van der Waals surface area (Å²) in [6.07, 6.45) is 0.844. The van der Waals surface area contributed by atoms with Gasteiger partial charge in [-0.3, -0.25) is 9.69 Å². The van der Waals surface area contributed by atoms with E-state index in [1.54, 1.807) is 31.0 Å². The minimum atomic E-state index is -0.315. The Kier molecular flexibility index (Phi) is 6.16. The van der Waals surface area contributed by atoms with Crippen LogP contribution in [0.4, 0.5) is 10.1 Å². The van der Waals surface area contributed by atoms with Crippen LogP contribution in [0.5, 0.6) is 0 Å². The van der Waals surface area contributed by atoms with E-state index in [-0.39, 0.29) is 18.3 Å². The minimum absolute atomic E-state index is 0.122. The number of para-hydroxylation sites is 1. The highest BCUT2D eigenvalue weighted by atomic mass is 19.1. The first-order valence-corrected chi connectivity index (χ1v) is 9.11. The average Bonchev–Trinajstić information content (AvgIpc) is 3.12. The zero-order valence-electron chi connectivity index (χ0n) is 16.2. The van der Waals surface area contributed by atoms with Gasteiger partial charge in [0.25, 0.3) is 0 Å². The molecule has 1 aromatic heterocycles. The van der Waals surface area contributed by atoms with Gasteiger partial charge < -0.3 is 9.84 Å². The molecular weight excluding hydrogens is 359 g/mol. The van der Waals surface area contributed by atoms with Crippen LogP contribution in [0, 0.1) is 12.7 Å². The van der Waals surface area contributed by atoms with Crippen LogP contribution in [-0.4, -0.2) is 34.5 Å². The molecule has 0 saturated carbocycles. The molecule has 3 rings (SSSR count). The predicted molar refractivity (Wildman–Crippen MR) is 105 cm³/mol. The fraction of sp³-hybridized carbons (Fsp3) is 0.286. The molecule has 0 fully saturated rings. The van der Waals surface area contributed by atoms with E-state index < -0.39 is 0 Å². The number of nitrogens with one attached hydrogen (secondary N) is 1. The lowest BCUT2D eigenvalue weighted by atomic mass is 10.1. The van der Waals surface area contributed by atoms with Gasteiger partial charge in [0.05, 0.1) is 13.1 Å². The van der Waals surface area contributed by atoms with Crippen molar-refractivity contribution in [3.8, 4) is 11.4 Å². The van der Waals surface area contributed by atoms with E-state index in [1.807, 2.05) is 31.2 Å². The molecule has 0 unspecified atom stereocenters. The predicted octanol–water partition coefficient (Wildman–Crippen LogP) is 3.82. The highest BCUT2D eigenvalue weighted by Crippen LogP contribution is 2.19. The summed E-state index contributed by atoms with van der Waals surface area (Å²) < 4.78 is 19.0. The molecule has 2 aromatic carbocycles. The number of halogens is 1. The third kappa shape index (κ3) is 4.80. The zero-order valence-corrected chi connectivity index (χ0v) is 16.2. The molecule has 1 N–H and O–H groups in total. The molecule has 6 nitrogen and oxygen atoms in total. The van der Waals surface area contributed by atoms with Crippen molar-refractivity contribution in [2.24, 2.45) is 0 Å². The van der Waals surface area contributed by atoms with E-state index in [0.29, 0.717) is 29.4 Å². The molecule has 0 atom stereocenters. The van der Waals surface area contributed by atoms with Crippen molar-refractivity contribution in [2.45, 2.75) is 26.8 Å². The van der Waals surface area contributed by atoms with Gasteiger partial charge in [-0.25, -0.2) is 4.39 Å². The van der Waals surface area contributed by atoms with Crippen molar-refractivity contribution in [3.63, 3.8) is 0 Å². The van der Waals surface area contributed by atoms with Gasteiger partial charge >= 0.3 is 0 Å². The van der Waals surface area contributed by atoms with Crippen LogP contribution in [0.15, 0.2) is 47.0 Å². The summed E-state index contributed by atoms with van der Waals surface area (Å²) in [5.74, 6) is 0.248. The molecule has 0 bridgehead atoms. The third-order valence-electron chi connectivity index (χ3n) is 4.39. The minimum Gasteiger partial charge on any atom is -0.338 e. The third-order valence-corrected chi connectivity index (χ3v) is 4.39. The van der Waals surface area contributed by atoms with Crippen molar-refractivity contribution in [1.82, 2.24) is 15.0 Å². The SMILES string of the molecule is CCc1ccccc1NC(=O)CN(C)Cc1nc(-c2ccc(C)c(F)c2)no1. The van der Waals surface area contributed by atoms with E-state index in [9.17, 15) is 9.18 Å². The van der Waals surface area contributed by atoms with Crippen molar-refractivity contribution < 1.29 is 13.7 Å². The number of carbonyl (C=O) groups excluding carboxylic acids is 1. The maximum atomic E-state index is 13.7. The first-order chi connectivity index (χ1) is 13.5. The molecule has 0 radical (unpaired) electrons. The number of likely N-dealkylation sites (N-methyl/N-ethyl adjacent to an activating group) is 1. The molecule has 0 aliphatic rings. The van der Waals surface area contributed by atoms with Gasteiger partial charge in [-0.2, -0.15) is 4.98 Å². The highest BCUT2D eigenvalue weighted by Gasteiger charge is 2.14. The lowest BCUT2D eigenvalue weighted by molar-refractivity contribution is -0.117. The second-order valence-corrected chi connectivity index (χ2v) is 6.71. The van der Waals surface area contributed by atoms with Gasteiger partial charge in [0.2, 0.25) is 17.6 Å². The molecule has 146 valence electrons. The normalized spacial score (nSPS) is 11.0. The maximum absolute atomic E-state index is 13.7. The van der Waals surface area contributed by atoms with E-state index in [4.69, 9.17) is 4.52 Å². The summed E-state index contributed by atoms with van der Waals surface area (Å²) in [6, 6.07) is 12.5. The topological polar surface area (TPSA) is 71.3 Å². The molecule has 3 aromatic rings. The molecule has 0 aliphatic heterocycles. The van der Waals surface area contributed by atoms with Gasteiger partial charge in [0.1, 0.15) is 5.82 Å². The summed E-state index contributed by atoms with van der Waals surface area (Å²) >= 11 is 0. The zero-order chi connectivity index (χ0) is 20.1. The Morgan fingerprint density at radius 2 is 2.04 bits per heavy atom. The number of anilines is 1. The largest absolute Gasteiger partial charge is 0.338 e. The van der Waals surface area contributed by atoms with E-state index in [1.165, 1.54) is 6.07 Å². The van der Waals surface area contributed by atoms with Gasteiger partial charge in [-0.1, -0.05) is 42.4 Å². The molecule has 1 amide bonds. The first kappa shape index (κ1) is 19.7. The molecule has 28 heavy (non-hydrogen) atoms. The van der Waals surface area contributed by atoms with Crippen molar-refractivity contribution >= 4 is 11.6 Å². The molecule has 1 heterocycles. The van der Waals surface area contributed by atoms with Crippen LogP contribution in [0.2, 0.25) is 0 Å². The smallest absolute Gasteiger partial charge is 0.241 e. The van der Waals surface area contributed by atoms with Crippen LogP contribution in [-0.2, 0) is 17.8 Å². The summed E-state index contributed by atoms with van der Waals surface area (Å²) in [5, 5.41) is 6.83. The number of rotatable bonds is 7. The Morgan fingerprint density at radius 1 is 1.25 bits per heavy atom. The Hall–Kier alpha value is -3.06. The molecule has 0 spiro atoms. The lowest BCUT2D eigenvalue weighted by Gasteiger charge is -2.15. The quantitative estimate of drug-likeness (QED) is 0.673. The average molecular weight is 382 g/mol. The number of aryl methyl sites for hydroxylation is 2. The van der Waals surface area contributed by atoms with Crippen molar-refractivity contribution in [3.05, 3.63) is 65.3 Å². The van der Waals surface area contributed by atoms with Crippen LogP contribution in [0.25, 0.3) is 11.4 Å². The molecule has 7 heteroatoms. The van der Waals surface area contributed by atoms with Crippen LogP contribution >= 0.6 is 0 Å². The Morgan fingerprint density at radius 3 is 2.79 bits per heavy atom. The van der Waals surface area contributed by atoms with Gasteiger partial charge in [0.15, 0.2) is 0 Å². The fourth-order valence-corrected chi connectivity index (χ4v) is 2.84. The van der Waals surface area contributed by atoms with Gasteiger partial charge in [0, 0.05) is 11.3 Å². The van der Waals surface area contributed by atoms with Crippen LogP contribution < -0.4 is 5.32 Å². The Bertz CT molecular complexity index is 971. The van der Waals surface area contributed by atoms with Gasteiger partial charge in [-0.15, -0.1) is 0 Å². The molecule has 0 aliphatic carbocycles. The second-order valence-electron chi connectivity index (χ2n) is 6.71. The molecular formula is C21H23FN4O2. The van der Waals surface area contributed by atoms with E-state index >= 15 is 0 Å². The monoisotopic (exact) mass is 382 g/mol. The van der Waals surface area contributed by atoms with Crippen molar-refractivity contribution in [2.75, 3.05) is 18.9 Å². The standard InChI is InChI=1S/C21H23FN4O2/c1-4-15-7-5-6-8-18(15)23-19(27)12-26(3)13-20-24-21(25-28-20)16-10-9-14(2)17(22)11-16/h5-11H,4,12-13H2,1-3H3,(H,23,27). The number of aromatic nitrogens is 2. The van der Waals surface area contributed by atoms with Crippen LogP contribution in [0.1, 0.15) is 23.9 Å². The lowest BCUT2D eigenvalue weighted by Crippen LogP contribution is -2.30. The second kappa shape index (κ2) is 8.75.